The molecule has 0 atom stereocenters. The summed E-state index contributed by atoms with van der Waals surface area (Å²) in [6.45, 7) is 5.20. The van der Waals surface area contributed by atoms with Crippen LogP contribution in [0.3, 0.4) is 0 Å². The number of ether oxygens (including phenoxy) is 1. The minimum absolute atomic E-state index is 0.220. The summed E-state index contributed by atoms with van der Waals surface area (Å²) in [5.41, 5.74) is 1.10. The van der Waals surface area contributed by atoms with E-state index in [4.69, 9.17) is 16.3 Å². The van der Waals surface area contributed by atoms with Crippen LogP contribution in [0.5, 0.6) is 0 Å². The maximum atomic E-state index is 12.3. The number of anilines is 1. The molecule has 2 aromatic carbocycles. The lowest BCUT2D eigenvalue weighted by Crippen LogP contribution is -2.37. The van der Waals surface area contributed by atoms with Crippen molar-refractivity contribution in [3.8, 4) is 0 Å². The summed E-state index contributed by atoms with van der Waals surface area (Å²) in [5.74, 6) is -0.665. The zero-order valence-corrected chi connectivity index (χ0v) is 17.3. The topological polar surface area (TPSA) is 96.5 Å². The highest BCUT2D eigenvalue weighted by Crippen LogP contribution is 2.15. The number of carbonyl (C=O) groups is 3. The first kappa shape index (κ1) is 22.2. The van der Waals surface area contributed by atoms with E-state index in [1.165, 1.54) is 0 Å². The Kier molecular flexibility index (Phi) is 7.61. The van der Waals surface area contributed by atoms with E-state index in [-0.39, 0.29) is 19.0 Å². The van der Waals surface area contributed by atoms with Gasteiger partial charge < -0.3 is 20.7 Å². The van der Waals surface area contributed by atoms with E-state index in [1.54, 1.807) is 69.3 Å². The van der Waals surface area contributed by atoms with Crippen molar-refractivity contribution in [2.45, 2.75) is 32.9 Å². The number of halogens is 1. The lowest BCUT2D eigenvalue weighted by molar-refractivity contribution is -0.115. The summed E-state index contributed by atoms with van der Waals surface area (Å²) >= 11 is 5.83. The normalized spacial score (nSPS) is 10.8. The van der Waals surface area contributed by atoms with Gasteiger partial charge in [-0.3, -0.25) is 9.59 Å². The molecule has 0 radical (unpaired) electrons. The van der Waals surface area contributed by atoms with Gasteiger partial charge in [0.25, 0.3) is 5.91 Å². The predicted octanol–water partition coefficient (Wildman–Crippen LogP) is 3.73. The second-order valence-corrected chi connectivity index (χ2v) is 7.69. The van der Waals surface area contributed by atoms with Gasteiger partial charge in [-0.2, -0.15) is 0 Å². The van der Waals surface area contributed by atoms with Crippen LogP contribution in [0.25, 0.3) is 0 Å². The molecule has 7 nitrogen and oxygen atoms in total. The molecule has 0 saturated heterocycles. The van der Waals surface area contributed by atoms with Gasteiger partial charge in [-0.1, -0.05) is 29.8 Å². The number of alkyl carbamates (subject to hydrolysis) is 1. The molecular weight excluding hydrogens is 394 g/mol. The molecule has 0 bridgehead atoms. The largest absolute Gasteiger partial charge is 0.444 e. The molecular formula is C21H24ClN3O4. The maximum absolute atomic E-state index is 12.3. The third kappa shape index (κ3) is 7.83. The van der Waals surface area contributed by atoms with Gasteiger partial charge in [0.15, 0.2) is 0 Å². The summed E-state index contributed by atoms with van der Waals surface area (Å²) < 4.78 is 5.09. The Balaban J connectivity index is 1.91. The zero-order valence-electron chi connectivity index (χ0n) is 16.5. The molecule has 0 fully saturated rings. The fraction of sp³-hybridized carbons (Fsp3) is 0.286. The quantitative estimate of drug-likeness (QED) is 0.667. The van der Waals surface area contributed by atoms with Gasteiger partial charge in [0, 0.05) is 22.8 Å². The molecule has 0 aliphatic carbocycles. The molecule has 2 aromatic rings. The van der Waals surface area contributed by atoms with Crippen LogP contribution < -0.4 is 16.0 Å². The van der Waals surface area contributed by atoms with Crippen molar-refractivity contribution in [1.29, 1.82) is 0 Å². The third-order valence-corrected chi connectivity index (χ3v) is 3.88. The van der Waals surface area contributed by atoms with E-state index in [2.05, 4.69) is 16.0 Å². The Morgan fingerprint density at radius 3 is 2.28 bits per heavy atom. The number of para-hydroxylation sites is 1. The monoisotopic (exact) mass is 417 g/mol. The van der Waals surface area contributed by atoms with Crippen LogP contribution in [0, 0.1) is 0 Å². The minimum atomic E-state index is -0.670. The minimum Gasteiger partial charge on any atom is -0.444 e. The van der Waals surface area contributed by atoms with E-state index in [1.807, 2.05) is 0 Å². The van der Waals surface area contributed by atoms with Crippen molar-refractivity contribution < 1.29 is 19.1 Å². The first-order valence-electron chi connectivity index (χ1n) is 9.02. The molecule has 0 saturated carbocycles. The highest BCUT2D eigenvalue weighted by atomic mass is 35.5. The van der Waals surface area contributed by atoms with Crippen LogP contribution in [-0.2, 0) is 16.1 Å². The van der Waals surface area contributed by atoms with E-state index in [0.29, 0.717) is 16.3 Å². The van der Waals surface area contributed by atoms with Crippen molar-refractivity contribution in [2.75, 3.05) is 11.9 Å². The van der Waals surface area contributed by atoms with Crippen molar-refractivity contribution >= 4 is 35.2 Å². The van der Waals surface area contributed by atoms with E-state index in [0.717, 1.165) is 5.56 Å². The number of rotatable bonds is 6. The fourth-order valence-corrected chi connectivity index (χ4v) is 2.46. The Bertz CT molecular complexity index is 876. The highest BCUT2D eigenvalue weighted by molar-refractivity contribution is 6.30. The Hall–Kier alpha value is -3.06. The van der Waals surface area contributed by atoms with Crippen LogP contribution in [0.2, 0.25) is 5.02 Å². The summed E-state index contributed by atoms with van der Waals surface area (Å²) in [7, 11) is 0. The average molecular weight is 418 g/mol. The zero-order chi connectivity index (χ0) is 21.4. The molecule has 8 heteroatoms. The van der Waals surface area contributed by atoms with Gasteiger partial charge >= 0.3 is 6.09 Å². The van der Waals surface area contributed by atoms with Gasteiger partial charge in [0.1, 0.15) is 12.1 Å². The van der Waals surface area contributed by atoms with Gasteiger partial charge in [-0.25, -0.2) is 4.79 Å². The predicted molar refractivity (Wildman–Crippen MR) is 112 cm³/mol. The molecule has 29 heavy (non-hydrogen) atoms. The number of hydrogen-bond acceptors (Lipinski definition) is 4. The number of amides is 3. The standard InChI is InChI=1S/C21H24ClN3O4/c1-21(2,3)29-20(28)24-13-18(26)25-17-7-5-4-6-15(17)12-23-19(27)14-8-10-16(22)11-9-14/h4-11H,12-13H2,1-3H3,(H,23,27)(H,24,28)(H,25,26). The van der Waals surface area contributed by atoms with Crippen molar-refractivity contribution in [3.63, 3.8) is 0 Å². The second-order valence-electron chi connectivity index (χ2n) is 7.25. The summed E-state index contributed by atoms with van der Waals surface area (Å²) in [6, 6.07) is 13.6. The van der Waals surface area contributed by atoms with E-state index < -0.39 is 17.6 Å². The lowest BCUT2D eigenvalue weighted by atomic mass is 10.1. The van der Waals surface area contributed by atoms with Crippen molar-refractivity contribution in [1.82, 2.24) is 10.6 Å². The Labute approximate surface area is 174 Å². The molecule has 154 valence electrons. The fourth-order valence-electron chi connectivity index (χ4n) is 2.34. The van der Waals surface area contributed by atoms with E-state index >= 15 is 0 Å². The maximum Gasteiger partial charge on any atom is 0.408 e. The van der Waals surface area contributed by atoms with Crippen molar-refractivity contribution in [3.05, 3.63) is 64.7 Å². The van der Waals surface area contributed by atoms with Gasteiger partial charge in [0.05, 0.1) is 0 Å². The van der Waals surface area contributed by atoms with Gasteiger partial charge in [0.2, 0.25) is 5.91 Å². The van der Waals surface area contributed by atoms with Crippen LogP contribution in [0.15, 0.2) is 48.5 Å². The van der Waals surface area contributed by atoms with Crippen molar-refractivity contribution in [2.24, 2.45) is 0 Å². The molecule has 0 aliphatic heterocycles. The van der Waals surface area contributed by atoms with Gasteiger partial charge in [-0.05, 0) is 56.7 Å². The highest BCUT2D eigenvalue weighted by Gasteiger charge is 2.17. The molecule has 3 N–H and O–H groups in total. The third-order valence-electron chi connectivity index (χ3n) is 3.63. The molecule has 3 amide bonds. The second kappa shape index (κ2) is 9.93. The Morgan fingerprint density at radius 1 is 0.966 bits per heavy atom. The number of hydrogen-bond donors (Lipinski definition) is 3. The summed E-state index contributed by atoms with van der Waals surface area (Å²) in [6.07, 6.45) is -0.670. The number of benzene rings is 2. The molecule has 0 heterocycles. The molecule has 0 unspecified atom stereocenters. The van der Waals surface area contributed by atoms with Crippen LogP contribution in [0.1, 0.15) is 36.7 Å². The number of carbonyl (C=O) groups excluding carboxylic acids is 3. The molecule has 0 aromatic heterocycles. The first-order valence-corrected chi connectivity index (χ1v) is 9.40. The summed E-state index contributed by atoms with van der Waals surface area (Å²) in [4.78, 5) is 36.0. The number of nitrogens with one attached hydrogen (secondary N) is 3. The van der Waals surface area contributed by atoms with Gasteiger partial charge in [-0.15, -0.1) is 0 Å². The summed E-state index contributed by atoms with van der Waals surface area (Å²) in [5, 5.41) is 8.47. The Morgan fingerprint density at radius 2 is 1.62 bits per heavy atom. The molecule has 0 spiro atoms. The van der Waals surface area contributed by atoms with E-state index in [9.17, 15) is 14.4 Å². The average Bonchev–Trinajstić information content (AvgIpc) is 2.64. The van der Waals surface area contributed by atoms with Crippen LogP contribution in [0.4, 0.5) is 10.5 Å². The van der Waals surface area contributed by atoms with Crippen LogP contribution >= 0.6 is 11.6 Å². The SMILES string of the molecule is CC(C)(C)OC(=O)NCC(=O)Nc1ccccc1CNC(=O)c1ccc(Cl)cc1. The lowest BCUT2D eigenvalue weighted by Gasteiger charge is -2.19. The van der Waals surface area contributed by atoms with Crippen LogP contribution in [-0.4, -0.2) is 30.1 Å². The first-order chi connectivity index (χ1) is 13.6. The molecule has 2 rings (SSSR count). The molecule has 0 aliphatic rings. The smallest absolute Gasteiger partial charge is 0.408 e.